The average molecular weight is 420 g/mol. The summed E-state index contributed by atoms with van der Waals surface area (Å²) in [6, 6.07) is 12.9. The normalized spacial score (nSPS) is 10.5. The molecule has 0 heterocycles. The topological polar surface area (TPSA) is 73.9 Å². The number of benzene rings is 2. The van der Waals surface area contributed by atoms with Crippen molar-refractivity contribution < 1.29 is 23.8 Å². The van der Waals surface area contributed by atoms with E-state index in [4.69, 9.17) is 25.8 Å². The summed E-state index contributed by atoms with van der Waals surface area (Å²) < 4.78 is 15.9. The molecule has 2 aromatic rings. The Kier molecular flexibility index (Phi) is 8.80. The van der Waals surface area contributed by atoms with E-state index >= 15 is 0 Å². The van der Waals surface area contributed by atoms with Crippen LogP contribution in [-0.2, 0) is 16.0 Å². The third-order valence-electron chi connectivity index (χ3n) is 3.96. The summed E-state index contributed by atoms with van der Waals surface area (Å²) in [6.45, 7) is 3.85. The van der Waals surface area contributed by atoms with Gasteiger partial charge in [-0.15, -0.1) is 0 Å². The summed E-state index contributed by atoms with van der Waals surface area (Å²) in [5.41, 5.74) is 1.39. The van der Waals surface area contributed by atoms with E-state index < -0.39 is 5.97 Å². The number of esters is 1. The third kappa shape index (κ3) is 7.31. The molecule has 0 aromatic heterocycles. The van der Waals surface area contributed by atoms with Crippen LogP contribution in [0.3, 0.4) is 0 Å². The molecule has 2 rings (SSSR count). The quantitative estimate of drug-likeness (QED) is 0.464. The molecule has 0 atom stereocenters. The number of hydrogen-bond acceptors (Lipinski definition) is 5. The molecule has 0 aliphatic heterocycles. The van der Waals surface area contributed by atoms with Gasteiger partial charge in [-0.05, 0) is 44.4 Å². The van der Waals surface area contributed by atoms with Crippen LogP contribution in [0.1, 0.15) is 36.2 Å². The second kappa shape index (κ2) is 11.3. The first kappa shape index (κ1) is 22.6. The van der Waals surface area contributed by atoms with Crippen molar-refractivity contribution in [1.29, 1.82) is 0 Å². The van der Waals surface area contributed by atoms with Gasteiger partial charge >= 0.3 is 5.97 Å². The van der Waals surface area contributed by atoms with Crippen LogP contribution in [0.5, 0.6) is 11.5 Å². The summed E-state index contributed by atoms with van der Waals surface area (Å²) in [6.07, 6.45) is 1.56. The number of halogens is 1. The lowest BCUT2D eigenvalue weighted by Crippen LogP contribution is -2.29. The molecule has 0 aliphatic carbocycles. The Balaban J connectivity index is 1.82. The lowest BCUT2D eigenvalue weighted by Gasteiger charge is -2.16. The molecule has 2 aromatic carbocycles. The maximum atomic E-state index is 12.3. The first-order valence-corrected chi connectivity index (χ1v) is 9.80. The molecule has 0 saturated carbocycles. The monoisotopic (exact) mass is 419 g/mol. The Morgan fingerprint density at radius 2 is 1.86 bits per heavy atom. The van der Waals surface area contributed by atoms with E-state index in [0.29, 0.717) is 18.0 Å². The van der Waals surface area contributed by atoms with Gasteiger partial charge in [0.05, 0.1) is 23.8 Å². The van der Waals surface area contributed by atoms with Gasteiger partial charge in [-0.3, -0.25) is 4.79 Å². The SMILES string of the molecule is COc1cc(C(=O)OCC(=O)NCCCc2ccccc2)cc(Cl)c1OC(C)C. The van der Waals surface area contributed by atoms with E-state index in [2.05, 4.69) is 5.32 Å². The number of methoxy groups -OCH3 is 1. The molecule has 0 fully saturated rings. The van der Waals surface area contributed by atoms with E-state index in [-0.39, 0.29) is 29.2 Å². The van der Waals surface area contributed by atoms with Gasteiger partial charge in [0.1, 0.15) is 0 Å². The van der Waals surface area contributed by atoms with Crippen LogP contribution in [0.15, 0.2) is 42.5 Å². The van der Waals surface area contributed by atoms with Gasteiger partial charge in [0.15, 0.2) is 18.1 Å². The van der Waals surface area contributed by atoms with Gasteiger partial charge in [-0.2, -0.15) is 0 Å². The minimum absolute atomic E-state index is 0.107. The van der Waals surface area contributed by atoms with Crippen molar-refractivity contribution in [2.24, 2.45) is 0 Å². The molecule has 7 heteroatoms. The summed E-state index contributed by atoms with van der Waals surface area (Å²) in [7, 11) is 1.46. The average Bonchev–Trinajstić information content (AvgIpc) is 2.71. The fourth-order valence-corrected chi connectivity index (χ4v) is 2.87. The molecule has 1 N–H and O–H groups in total. The highest BCUT2D eigenvalue weighted by atomic mass is 35.5. The maximum Gasteiger partial charge on any atom is 0.338 e. The Labute approximate surface area is 176 Å². The van der Waals surface area contributed by atoms with Crippen molar-refractivity contribution >= 4 is 23.5 Å². The minimum atomic E-state index is -0.666. The number of carbonyl (C=O) groups is 2. The number of nitrogens with one attached hydrogen (secondary N) is 1. The first-order chi connectivity index (χ1) is 13.9. The fourth-order valence-electron chi connectivity index (χ4n) is 2.62. The van der Waals surface area contributed by atoms with E-state index in [1.165, 1.54) is 24.8 Å². The summed E-state index contributed by atoms with van der Waals surface area (Å²) in [5, 5.41) is 2.97. The molecule has 6 nitrogen and oxygen atoms in total. The van der Waals surface area contributed by atoms with Crippen molar-refractivity contribution in [2.75, 3.05) is 20.3 Å². The number of rotatable bonds is 10. The smallest absolute Gasteiger partial charge is 0.338 e. The molecular formula is C22H26ClNO5. The highest BCUT2D eigenvalue weighted by Crippen LogP contribution is 2.37. The van der Waals surface area contributed by atoms with Gasteiger partial charge in [-0.25, -0.2) is 4.79 Å². The molecular weight excluding hydrogens is 394 g/mol. The lowest BCUT2D eigenvalue weighted by molar-refractivity contribution is -0.124. The zero-order valence-electron chi connectivity index (χ0n) is 16.9. The Bertz CT molecular complexity index is 823. The van der Waals surface area contributed by atoms with Crippen LogP contribution in [-0.4, -0.2) is 38.2 Å². The molecule has 0 radical (unpaired) electrons. The molecule has 156 valence electrons. The van der Waals surface area contributed by atoms with E-state index in [1.807, 2.05) is 44.2 Å². The van der Waals surface area contributed by atoms with E-state index in [1.54, 1.807) is 0 Å². The predicted octanol–water partition coefficient (Wildman–Crippen LogP) is 4.04. The van der Waals surface area contributed by atoms with Crippen LogP contribution in [0.4, 0.5) is 0 Å². The second-order valence-corrected chi connectivity index (χ2v) is 7.08. The third-order valence-corrected chi connectivity index (χ3v) is 4.24. The van der Waals surface area contributed by atoms with Gasteiger partial charge in [-0.1, -0.05) is 41.9 Å². The molecule has 0 unspecified atom stereocenters. The number of amides is 1. The highest BCUT2D eigenvalue weighted by molar-refractivity contribution is 6.32. The number of aryl methyl sites for hydroxylation is 1. The van der Waals surface area contributed by atoms with Crippen molar-refractivity contribution in [3.05, 3.63) is 58.6 Å². The first-order valence-electron chi connectivity index (χ1n) is 9.42. The van der Waals surface area contributed by atoms with Crippen LogP contribution in [0.2, 0.25) is 5.02 Å². The Hall–Kier alpha value is -2.73. The molecule has 0 saturated heterocycles. The minimum Gasteiger partial charge on any atom is -0.493 e. The lowest BCUT2D eigenvalue weighted by atomic mass is 10.1. The summed E-state index contributed by atoms with van der Waals surface area (Å²) in [5.74, 6) is -0.342. The number of carbonyl (C=O) groups excluding carboxylic acids is 2. The molecule has 0 bridgehead atoms. The Morgan fingerprint density at radius 1 is 1.14 bits per heavy atom. The molecule has 0 aliphatic rings. The largest absolute Gasteiger partial charge is 0.493 e. The maximum absolute atomic E-state index is 12.3. The number of hydrogen-bond donors (Lipinski definition) is 1. The van der Waals surface area contributed by atoms with Crippen LogP contribution < -0.4 is 14.8 Å². The van der Waals surface area contributed by atoms with Crippen molar-refractivity contribution in [2.45, 2.75) is 32.8 Å². The molecule has 0 spiro atoms. The predicted molar refractivity (Wildman–Crippen MR) is 112 cm³/mol. The zero-order valence-corrected chi connectivity index (χ0v) is 17.6. The summed E-state index contributed by atoms with van der Waals surface area (Å²) in [4.78, 5) is 24.2. The number of ether oxygens (including phenoxy) is 3. The Morgan fingerprint density at radius 3 is 2.52 bits per heavy atom. The van der Waals surface area contributed by atoms with Crippen molar-refractivity contribution in [3.8, 4) is 11.5 Å². The highest BCUT2D eigenvalue weighted by Gasteiger charge is 2.18. The fraction of sp³-hybridized carbons (Fsp3) is 0.364. The summed E-state index contributed by atoms with van der Waals surface area (Å²) >= 11 is 6.21. The van der Waals surface area contributed by atoms with Gasteiger partial charge in [0.25, 0.3) is 5.91 Å². The van der Waals surface area contributed by atoms with Crippen molar-refractivity contribution in [3.63, 3.8) is 0 Å². The van der Waals surface area contributed by atoms with Crippen molar-refractivity contribution in [1.82, 2.24) is 5.32 Å². The van der Waals surface area contributed by atoms with Gasteiger partial charge in [0, 0.05) is 6.54 Å². The zero-order chi connectivity index (χ0) is 21.2. The van der Waals surface area contributed by atoms with E-state index in [9.17, 15) is 9.59 Å². The van der Waals surface area contributed by atoms with Gasteiger partial charge in [0.2, 0.25) is 0 Å². The van der Waals surface area contributed by atoms with Crippen LogP contribution in [0.25, 0.3) is 0 Å². The van der Waals surface area contributed by atoms with Crippen LogP contribution >= 0.6 is 11.6 Å². The van der Waals surface area contributed by atoms with Crippen LogP contribution in [0, 0.1) is 0 Å². The molecule has 1 amide bonds. The molecule has 29 heavy (non-hydrogen) atoms. The second-order valence-electron chi connectivity index (χ2n) is 6.67. The van der Waals surface area contributed by atoms with E-state index in [0.717, 1.165) is 12.8 Å². The van der Waals surface area contributed by atoms with Gasteiger partial charge < -0.3 is 19.5 Å². The standard InChI is InChI=1S/C22H26ClNO5/c1-15(2)29-21-18(23)12-17(13-19(21)27-3)22(26)28-14-20(25)24-11-7-10-16-8-5-4-6-9-16/h4-6,8-9,12-13,15H,7,10-11,14H2,1-3H3,(H,24,25).